The van der Waals surface area contributed by atoms with Gasteiger partial charge >= 0.3 is 0 Å². The number of carbonyl (C=O) groups is 2. The van der Waals surface area contributed by atoms with Gasteiger partial charge in [0, 0.05) is 32.7 Å². The van der Waals surface area contributed by atoms with E-state index in [-0.39, 0.29) is 11.8 Å². The van der Waals surface area contributed by atoms with Crippen LogP contribution in [0.15, 0.2) is 29.6 Å². The predicted molar refractivity (Wildman–Crippen MR) is 116 cm³/mol. The number of likely N-dealkylation sites (N-methyl/N-ethyl adjacent to an activating group) is 1. The molecule has 7 heteroatoms. The summed E-state index contributed by atoms with van der Waals surface area (Å²) in [4.78, 5) is 31.6. The van der Waals surface area contributed by atoms with Gasteiger partial charge in [0.1, 0.15) is 5.75 Å². The Hall–Kier alpha value is -2.38. The van der Waals surface area contributed by atoms with Crippen LogP contribution in [0.5, 0.6) is 5.75 Å². The summed E-state index contributed by atoms with van der Waals surface area (Å²) >= 11 is 1.46. The minimum absolute atomic E-state index is 0.0643. The van der Waals surface area contributed by atoms with Crippen LogP contribution in [-0.2, 0) is 11.3 Å². The molecule has 0 unspecified atom stereocenters. The predicted octanol–water partition coefficient (Wildman–Crippen LogP) is 2.79. The summed E-state index contributed by atoms with van der Waals surface area (Å²) in [7, 11) is 3.65. The Morgan fingerprint density at radius 2 is 1.72 bits per heavy atom. The number of ether oxygens (including phenoxy) is 1. The summed E-state index contributed by atoms with van der Waals surface area (Å²) < 4.78 is 5.43. The number of hydrogen-bond donors (Lipinski definition) is 0. The van der Waals surface area contributed by atoms with Crippen molar-refractivity contribution in [2.45, 2.75) is 20.4 Å². The SMILES string of the molecule is COc1c(C)cc(CN(C)CC(=O)N2CCN(C(=O)c3cccs3)CC2)cc1C. The molecule has 0 bridgehead atoms. The molecule has 1 fully saturated rings. The van der Waals surface area contributed by atoms with Gasteiger partial charge in [-0.25, -0.2) is 0 Å². The fourth-order valence-corrected chi connectivity index (χ4v) is 4.56. The third kappa shape index (κ3) is 5.16. The first-order valence-electron chi connectivity index (χ1n) is 9.82. The van der Waals surface area contributed by atoms with Crippen molar-refractivity contribution < 1.29 is 14.3 Å². The van der Waals surface area contributed by atoms with Crippen LogP contribution in [0.1, 0.15) is 26.4 Å². The lowest BCUT2D eigenvalue weighted by Crippen LogP contribution is -2.52. The number of thiophene rings is 1. The highest BCUT2D eigenvalue weighted by atomic mass is 32.1. The van der Waals surface area contributed by atoms with Crippen molar-refractivity contribution in [1.82, 2.24) is 14.7 Å². The first-order valence-corrected chi connectivity index (χ1v) is 10.7. The van der Waals surface area contributed by atoms with Crippen molar-refractivity contribution in [1.29, 1.82) is 0 Å². The summed E-state index contributed by atoms with van der Waals surface area (Å²) in [6.45, 7) is 7.49. The van der Waals surface area contributed by atoms with E-state index in [1.165, 1.54) is 16.9 Å². The molecule has 156 valence electrons. The average molecular weight is 416 g/mol. The summed E-state index contributed by atoms with van der Waals surface area (Å²) in [5, 5.41) is 1.91. The second-order valence-corrected chi connectivity index (χ2v) is 8.53. The van der Waals surface area contributed by atoms with Gasteiger partial charge in [0.05, 0.1) is 18.5 Å². The first-order chi connectivity index (χ1) is 13.9. The fraction of sp³-hybridized carbons (Fsp3) is 0.455. The molecule has 2 aromatic rings. The molecule has 0 N–H and O–H groups in total. The molecule has 0 saturated carbocycles. The van der Waals surface area contributed by atoms with Gasteiger partial charge in [-0.1, -0.05) is 18.2 Å². The number of rotatable bonds is 6. The number of carbonyl (C=O) groups excluding carboxylic acids is 2. The molecule has 1 aromatic heterocycles. The van der Waals surface area contributed by atoms with Gasteiger partial charge in [-0.2, -0.15) is 0 Å². The smallest absolute Gasteiger partial charge is 0.264 e. The van der Waals surface area contributed by atoms with Crippen LogP contribution in [-0.4, -0.2) is 73.4 Å². The van der Waals surface area contributed by atoms with Crippen LogP contribution >= 0.6 is 11.3 Å². The van der Waals surface area contributed by atoms with Crippen LogP contribution in [0.3, 0.4) is 0 Å². The lowest BCUT2D eigenvalue weighted by molar-refractivity contribution is -0.133. The summed E-state index contributed by atoms with van der Waals surface area (Å²) in [6, 6.07) is 7.96. The quantitative estimate of drug-likeness (QED) is 0.728. The van der Waals surface area contributed by atoms with Gasteiger partial charge in [-0.3, -0.25) is 14.5 Å². The minimum atomic E-state index is 0.0643. The Labute approximate surface area is 176 Å². The van der Waals surface area contributed by atoms with E-state index in [4.69, 9.17) is 4.74 Å². The number of aryl methyl sites for hydroxylation is 2. The van der Waals surface area contributed by atoms with E-state index in [1.54, 1.807) is 7.11 Å². The molecule has 2 amide bonds. The number of benzene rings is 1. The molecule has 29 heavy (non-hydrogen) atoms. The summed E-state index contributed by atoms with van der Waals surface area (Å²) in [5.41, 5.74) is 3.38. The zero-order valence-corrected chi connectivity index (χ0v) is 18.4. The Morgan fingerprint density at radius 3 is 2.28 bits per heavy atom. The second-order valence-electron chi connectivity index (χ2n) is 7.59. The highest BCUT2D eigenvalue weighted by Gasteiger charge is 2.25. The molecule has 0 spiro atoms. The van der Waals surface area contributed by atoms with Crippen molar-refractivity contribution in [3.8, 4) is 5.75 Å². The average Bonchev–Trinajstić information content (AvgIpc) is 3.22. The van der Waals surface area contributed by atoms with Crippen LogP contribution in [0.25, 0.3) is 0 Å². The number of piperazine rings is 1. The first kappa shape index (κ1) is 21.3. The van der Waals surface area contributed by atoms with Crippen molar-refractivity contribution in [2.75, 3.05) is 46.9 Å². The molecule has 0 radical (unpaired) electrons. The van der Waals surface area contributed by atoms with E-state index in [0.717, 1.165) is 21.8 Å². The lowest BCUT2D eigenvalue weighted by atomic mass is 10.1. The molecule has 1 saturated heterocycles. The Bertz CT molecular complexity index is 835. The Balaban J connectivity index is 1.50. The zero-order chi connectivity index (χ0) is 21.0. The van der Waals surface area contributed by atoms with E-state index < -0.39 is 0 Å². The van der Waals surface area contributed by atoms with Crippen LogP contribution < -0.4 is 4.74 Å². The molecule has 1 aromatic carbocycles. The van der Waals surface area contributed by atoms with Gasteiger partial charge in [0.2, 0.25) is 5.91 Å². The van der Waals surface area contributed by atoms with Crippen LogP contribution in [0, 0.1) is 13.8 Å². The lowest BCUT2D eigenvalue weighted by Gasteiger charge is -2.35. The number of methoxy groups -OCH3 is 1. The van der Waals surface area contributed by atoms with Crippen molar-refractivity contribution >= 4 is 23.2 Å². The second kappa shape index (κ2) is 9.41. The third-order valence-corrected chi connectivity index (χ3v) is 6.09. The molecule has 2 heterocycles. The van der Waals surface area contributed by atoms with Crippen molar-refractivity contribution in [3.05, 3.63) is 51.2 Å². The van der Waals surface area contributed by atoms with Gasteiger partial charge in [-0.15, -0.1) is 11.3 Å². The molecular weight excluding hydrogens is 386 g/mol. The third-order valence-electron chi connectivity index (χ3n) is 5.23. The minimum Gasteiger partial charge on any atom is -0.496 e. The highest BCUT2D eigenvalue weighted by molar-refractivity contribution is 7.12. The normalized spacial score (nSPS) is 14.4. The summed E-state index contributed by atoms with van der Waals surface area (Å²) in [5.74, 6) is 1.09. The topological polar surface area (TPSA) is 53.1 Å². The monoisotopic (exact) mass is 415 g/mol. The highest BCUT2D eigenvalue weighted by Crippen LogP contribution is 2.24. The molecule has 1 aliphatic heterocycles. The van der Waals surface area contributed by atoms with Gasteiger partial charge in [0.25, 0.3) is 5.91 Å². The molecule has 0 aliphatic carbocycles. The van der Waals surface area contributed by atoms with Gasteiger partial charge in [-0.05, 0) is 49.0 Å². The zero-order valence-electron chi connectivity index (χ0n) is 17.6. The number of nitrogens with zero attached hydrogens (tertiary/aromatic N) is 3. The maximum Gasteiger partial charge on any atom is 0.264 e. The standard InChI is InChI=1S/C22H29N3O3S/c1-16-12-18(13-17(2)21(16)28-4)14-23(3)15-20(26)24-7-9-25(10-8-24)22(27)19-6-5-11-29-19/h5-6,11-13H,7-10,14-15H2,1-4H3. The number of hydrogen-bond acceptors (Lipinski definition) is 5. The van der Waals surface area contributed by atoms with Gasteiger partial charge in [0.15, 0.2) is 0 Å². The van der Waals surface area contributed by atoms with Gasteiger partial charge < -0.3 is 14.5 Å². The number of amides is 2. The van der Waals surface area contributed by atoms with Crippen LogP contribution in [0.2, 0.25) is 0 Å². The molecular formula is C22H29N3O3S. The Morgan fingerprint density at radius 1 is 1.10 bits per heavy atom. The van der Waals surface area contributed by atoms with E-state index in [9.17, 15) is 9.59 Å². The van der Waals surface area contributed by atoms with Crippen molar-refractivity contribution in [3.63, 3.8) is 0 Å². The van der Waals surface area contributed by atoms with E-state index in [2.05, 4.69) is 12.1 Å². The van der Waals surface area contributed by atoms with E-state index >= 15 is 0 Å². The molecule has 1 aliphatic rings. The fourth-order valence-electron chi connectivity index (χ4n) is 3.87. The maximum atomic E-state index is 12.7. The largest absolute Gasteiger partial charge is 0.496 e. The van der Waals surface area contributed by atoms with Crippen LogP contribution in [0.4, 0.5) is 0 Å². The van der Waals surface area contributed by atoms with E-state index in [1.807, 2.05) is 53.1 Å². The van der Waals surface area contributed by atoms with Crippen molar-refractivity contribution in [2.24, 2.45) is 0 Å². The molecule has 3 rings (SSSR count). The summed E-state index contributed by atoms with van der Waals surface area (Å²) in [6.07, 6.45) is 0. The molecule has 6 nitrogen and oxygen atoms in total. The maximum absolute atomic E-state index is 12.7. The van der Waals surface area contributed by atoms with E-state index in [0.29, 0.717) is 39.3 Å². The Kier molecular flexibility index (Phi) is 6.92. The molecule has 0 atom stereocenters.